The van der Waals surface area contributed by atoms with Crippen molar-refractivity contribution in [2.24, 2.45) is 20.5 Å². The maximum atomic E-state index is 12.3. The summed E-state index contributed by atoms with van der Waals surface area (Å²) in [5.74, 6) is -0.300. The fraction of sp³-hybridized carbons (Fsp3) is 0.400. The van der Waals surface area contributed by atoms with E-state index in [9.17, 15) is 4.79 Å². The molecule has 0 saturated heterocycles. The van der Waals surface area contributed by atoms with Crippen molar-refractivity contribution >= 4 is 65.4 Å². The Hall–Kier alpha value is -3.50. The van der Waals surface area contributed by atoms with Gasteiger partial charge in [0.25, 0.3) is 0 Å². The smallest absolute Gasteiger partial charge is 0.338 e. The van der Waals surface area contributed by atoms with Crippen LogP contribution in [0, 0.1) is 0 Å². The third kappa shape index (κ3) is 8.50. The van der Waals surface area contributed by atoms with Crippen LogP contribution in [0.2, 0.25) is 0 Å². The molecular weight excluding hydrogens is 541 g/mol. The largest absolute Gasteiger partial charge is 0.462 e. The highest BCUT2D eigenvalue weighted by molar-refractivity contribution is 7.30. The van der Waals surface area contributed by atoms with Crippen molar-refractivity contribution in [1.29, 1.82) is 0 Å². The van der Waals surface area contributed by atoms with E-state index in [0.29, 0.717) is 23.0 Å². The molecule has 0 N–H and O–H groups in total. The van der Waals surface area contributed by atoms with Crippen LogP contribution in [0.4, 0.5) is 27.2 Å². The Kier molecular flexibility index (Phi) is 11.3. The zero-order valence-electron chi connectivity index (χ0n) is 23.4. The molecule has 0 amide bonds. The molecule has 10 heteroatoms. The average molecular weight is 577 g/mol. The number of azo groups is 2. The van der Waals surface area contributed by atoms with Crippen molar-refractivity contribution in [1.82, 2.24) is 4.98 Å². The molecule has 0 atom stereocenters. The Morgan fingerprint density at radius 1 is 0.800 bits per heavy atom. The number of aromatic nitrogens is 1. The van der Waals surface area contributed by atoms with Crippen LogP contribution in [0.5, 0.6) is 0 Å². The molecule has 0 spiro atoms. The van der Waals surface area contributed by atoms with Gasteiger partial charge >= 0.3 is 5.97 Å². The number of unbranched alkanes of at least 4 members (excludes halogenated alkanes) is 5. The second-order valence-corrected chi connectivity index (χ2v) is 11.3. The zero-order valence-corrected chi connectivity index (χ0v) is 25.0. The van der Waals surface area contributed by atoms with Gasteiger partial charge in [-0.25, -0.2) is 9.78 Å². The van der Waals surface area contributed by atoms with Crippen molar-refractivity contribution in [3.05, 3.63) is 60.2 Å². The first kappa shape index (κ1) is 29.5. The third-order valence-corrected chi connectivity index (χ3v) is 8.32. The predicted octanol–water partition coefficient (Wildman–Crippen LogP) is 10.6. The van der Waals surface area contributed by atoms with Crippen LogP contribution >= 0.6 is 22.7 Å². The number of fused-ring (bicyclic) bond motifs is 1. The van der Waals surface area contributed by atoms with Crippen LogP contribution in [0.25, 0.3) is 9.53 Å². The summed E-state index contributed by atoms with van der Waals surface area (Å²) >= 11 is 2.92. The molecule has 40 heavy (non-hydrogen) atoms. The summed E-state index contributed by atoms with van der Waals surface area (Å²) < 4.78 is 6.38. The predicted molar refractivity (Wildman–Crippen MR) is 166 cm³/mol. The summed E-state index contributed by atoms with van der Waals surface area (Å²) in [7, 11) is 0. The number of thiazole rings is 1. The Bertz CT molecular complexity index is 1380. The number of carbonyl (C=O) groups excluding carboxylic acids is 1. The lowest BCUT2D eigenvalue weighted by atomic mass is 10.1. The number of thiophene rings is 1. The third-order valence-electron chi connectivity index (χ3n) is 6.39. The maximum Gasteiger partial charge on any atom is 0.338 e. The van der Waals surface area contributed by atoms with E-state index in [0.717, 1.165) is 46.1 Å². The van der Waals surface area contributed by atoms with Crippen molar-refractivity contribution in [2.75, 3.05) is 24.6 Å². The lowest BCUT2D eigenvalue weighted by molar-refractivity contribution is 0.0497. The number of hydrogen-bond acceptors (Lipinski definition) is 10. The number of esters is 1. The van der Waals surface area contributed by atoms with Gasteiger partial charge in [-0.3, -0.25) is 0 Å². The Labute approximate surface area is 243 Å². The van der Waals surface area contributed by atoms with Gasteiger partial charge in [0, 0.05) is 18.8 Å². The summed E-state index contributed by atoms with van der Waals surface area (Å²) in [6.45, 7) is 8.90. The molecule has 210 valence electrons. The molecule has 0 radical (unpaired) electrons. The molecule has 4 aromatic rings. The highest BCUT2D eigenvalue weighted by Crippen LogP contribution is 2.39. The first-order valence-electron chi connectivity index (χ1n) is 14.0. The van der Waals surface area contributed by atoms with Gasteiger partial charge in [-0.2, -0.15) is 0 Å². The zero-order chi connectivity index (χ0) is 28.2. The van der Waals surface area contributed by atoms with E-state index in [-0.39, 0.29) is 5.97 Å². The molecule has 2 heterocycles. The van der Waals surface area contributed by atoms with Crippen LogP contribution in [0.15, 0.2) is 75.1 Å². The number of hydrogen-bond donors (Lipinski definition) is 0. The molecule has 0 fully saturated rings. The fourth-order valence-electron chi connectivity index (χ4n) is 4.12. The van der Waals surface area contributed by atoms with Crippen LogP contribution in [0.1, 0.15) is 69.7 Å². The molecule has 0 aliphatic rings. The SMILES string of the molecule is CCCCCCCCOC(=O)c1ccc(/N=N/c2cc3sc(/N=N/c4ccc(N(CC)CC)cc4)nc3s2)cc1. The van der Waals surface area contributed by atoms with Crippen molar-refractivity contribution in [3.63, 3.8) is 0 Å². The average Bonchev–Trinajstić information content (AvgIpc) is 3.54. The van der Waals surface area contributed by atoms with Gasteiger partial charge < -0.3 is 9.64 Å². The summed E-state index contributed by atoms with van der Waals surface area (Å²) in [5, 5.41) is 18.7. The van der Waals surface area contributed by atoms with E-state index < -0.39 is 0 Å². The molecule has 0 unspecified atom stereocenters. The van der Waals surface area contributed by atoms with Crippen molar-refractivity contribution in [2.45, 2.75) is 59.3 Å². The molecule has 0 aliphatic heterocycles. The molecule has 0 saturated carbocycles. The van der Waals surface area contributed by atoms with Crippen LogP contribution in [0.3, 0.4) is 0 Å². The lowest BCUT2D eigenvalue weighted by Gasteiger charge is -2.20. The van der Waals surface area contributed by atoms with Crippen LogP contribution in [-0.2, 0) is 4.74 Å². The quantitative estimate of drug-likeness (QED) is 0.0799. The van der Waals surface area contributed by atoms with E-state index in [1.54, 1.807) is 24.3 Å². The fourth-order valence-corrected chi connectivity index (χ4v) is 5.97. The molecule has 2 aromatic heterocycles. The van der Waals surface area contributed by atoms with Gasteiger partial charge in [0.2, 0.25) is 5.13 Å². The van der Waals surface area contributed by atoms with Crippen LogP contribution < -0.4 is 4.90 Å². The van der Waals surface area contributed by atoms with E-state index in [1.165, 1.54) is 54.0 Å². The number of benzene rings is 2. The highest BCUT2D eigenvalue weighted by Gasteiger charge is 2.10. The monoisotopic (exact) mass is 576 g/mol. The molecule has 2 aromatic carbocycles. The van der Waals surface area contributed by atoms with Crippen molar-refractivity contribution < 1.29 is 9.53 Å². The van der Waals surface area contributed by atoms with E-state index in [4.69, 9.17) is 4.74 Å². The number of nitrogens with zero attached hydrogens (tertiary/aromatic N) is 6. The maximum absolute atomic E-state index is 12.3. The molecule has 0 bridgehead atoms. The normalized spacial score (nSPS) is 11.7. The molecule has 4 rings (SSSR count). The van der Waals surface area contributed by atoms with Gasteiger partial charge in [0.05, 0.1) is 28.2 Å². The van der Waals surface area contributed by atoms with E-state index in [2.05, 4.69) is 63.2 Å². The summed E-state index contributed by atoms with van der Waals surface area (Å²) in [4.78, 5) is 20.0. The lowest BCUT2D eigenvalue weighted by Crippen LogP contribution is -2.21. The van der Waals surface area contributed by atoms with Crippen molar-refractivity contribution in [3.8, 4) is 0 Å². The number of rotatable bonds is 15. The number of ether oxygens (including phenoxy) is 1. The highest BCUT2D eigenvalue weighted by atomic mass is 32.1. The molecule has 0 aliphatic carbocycles. The van der Waals surface area contributed by atoms with Gasteiger partial charge in [-0.1, -0.05) is 61.7 Å². The molecule has 8 nitrogen and oxygen atoms in total. The minimum atomic E-state index is -0.300. The van der Waals surface area contributed by atoms with Gasteiger partial charge in [0.1, 0.15) is 9.83 Å². The van der Waals surface area contributed by atoms with Gasteiger partial charge in [-0.05, 0) is 74.9 Å². The van der Waals surface area contributed by atoms with Gasteiger partial charge in [0.15, 0.2) is 0 Å². The number of anilines is 1. The summed E-state index contributed by atoms with van der Waals surface area (Å²) in [5.41, 5.74) is 3.16. The number of carbonyl (C=O) groups is 1. The minimum absolute atomic E-state index is 0.300. The van der Waals surface area contributed by atoms with E-state index >= 15 is 0 Å². The topological polar surface area (TPSA) is 91.9 Å². The Balaban J connectivity index is 1.27. The Morgan fingerprint density at radius 3 is 2.12 bits per heavy atom. The first-order valence-corrected chi connectivity index (χ1v) is 15.6. The first-order chi connectivity index (χ1) is 19.6. The second kappa shape index (κ2) is 15.3. The van der Waals surface area contributed by atoms with E-state index in [1.807, 2.05) is 18.2 Å². The second-order valence-electron chi connectivity index (χ2n) is 9.29. The Morgan fingerprint density at radius 2 is 1.45 bits per heavy atom. The minimum Gasteiger partial charge on any atom is -0.462 e. The van der Waals surface area contributed by atoms with Gasteiger partial charge in [-0.15, -0.1) is 20.5 Å². The summed E-state index contributed by atoms with van der Waals surface area (Å²) in [6.07, 6.45) is 6.95. The van der Waals surface area contributed by atoms with Crippen LogP contribution in [-0.4, -0.2) is 30.6 Å². The standard InChI is InChI=1S/C30H36N6O2S2/c1-4-7-8-9-10-11-20-38-29(37)22-12-14-23(15-13-22)32-34-27-21-26-28(40-27)31-30(39-26)35-33-24-16-18-25(19-17-24)36(5-2)6-3/h12-19,21H,4-11,20H2,1-3H3/b34-32+,35-33+. The molecular formula is C30H36N6O2S2. The summed E-state index contributed by atoms with van der Waals surface area (Å²) in [6, 6.07) is 17.0.